The number of hydrogen-bond donors (Lipinski definition) is 3. The SMILES string of the molecule is CNCC(CCNC(=O)C1=C/C/C(c2ccncnn(C)cc2)=N\NCC/C=C\1)CC/C(F)=C\C=C/CF. The van der Waals surface area contributed by atoms with E-state index < -0.39 is 6.67 Å². The molecule has 0 saturated carbocycles. The summed E-state index contributed by atoms with van der Waals surface area (Å²) in [5.74, 6) is -0.249. The highest BCUT2D eigenvalue weighted by molar-refractivity contribution is 6.03. The number of aromatic nitrogens is 3. The first-order valence-electron chi connectivity index (χ1n) is 12.9. The highest BCUT2D eigenvalue weighted by Crippen LogP contribution is 2.16. The Balaban J connectivity index is 2.04. The van der Waals surface area contributed by atoms with Crippen molar-refractivity contribution in [3.05, 3.63) is 84.3 Å². The molecule has 0 aliphatic carbocycles. The molecule has 0 radical (unpaired) electrons. The van der Waals surface area contributed by atoms with Crippen molar-refractivity contribution in [2.75, 3.05) is 33.4 Å². The van der Waals surface area contributed by atoms with Crippen molar-refractivity contribution in [2.24, 2.45) is 18.1 Å². The van der Waals surface area contributed by atoms with Crippen LogP contribution in [0, 0.1) is 5.92 Å². The molecule has 1 aliphatic heterocycles. The molecule has 2 rings (SSSR count). The van der Waals surface area contributed by atoms with E-state index in [9.17, 15) is 13.6 Å². The quantitative estimate of drug-likeness (QED) is 0.357. The number of carbonyl (C=O) groups excluding carboxylic acids is 1. The average molecular weight is 528 g/mol. The van der Waals surface area contributed by atoms with Gasteiger partial charge in [0.15, 0.2) is 0 Å². The van der Waals surface area contributed by atoms with Gasteiger partial charge in [-0.25, -0.2) is 13.8 Å². The Morgan fingerprint density at radius 3 is 3.00 bits per heavy atom. The molecule has 1 amide bonds. The van der Waals surface area contributed by atoms with E-state index in [1.165, 1.54) is 24.6 Å². The first-order chi connectivity index (χ1) is 18.5. The Bertz CT molecular complexity index is 1070. The number of nitrogens with zero attached hydrogens (tertiary/aromatic N) is 4. The van der Waals surface area contributed by atoms with Crippen molar-refractivity contribution in [2.45, 2.75) is 32.1 Å². The van der Waals surface area contributed by atoms with E-state index in [-0.39, 0.29) is 24.1 Å². The fourth-order valence-corrected chi connectivity index (χ4v) is 3.71. The third-order valence-electron chi connectivity index (χ3n) is 5.78. The monoisotopic (exact) mass is 527 g/mol. The van der Waals surface area contributed by atoms with Crippen LogP contribution in [0.1, 0.15) is 37.7 Å². The van der Waals surface area contributed by atoms with Crippen molar-refractivity contribution in [3.63, 3.8) is 0 Å². The summed E-state index contributed by atoms with van der Waals surface area (Å²) in [7, 11) is 3.66. The molecule has 0 spiro atoms. The Hall–Kier alpha value is -3.66. The van der Waals surface area contributed by atoms with E-state index in [0.717, 1.165) is 17.7 Å². The normalized spacial score (nSPS) is 18.8. The molecule has 0 fully saturated rings. The van der Waals surface area contributed by atoms with Gasteiger partial charge in [0.05, 0.1) is 11.5 Å². The molecule has 8 nitrogen and oxygen atoms in total. The lowest BCUT2D eigenvalue weighted by atomic mass is 9.98. The number of allylic oxidation sites excluding steroid dienone is 5. The van der Waals surface area contributed by atoms with E-state index >= 15 is 0 Å². The summed E-state index contributed by atoms with van der Waals surface area (Å²) in [5.41, 5.74) is 5.29. The molecular weight excluding hydrogens is 488 g/mol. The lowest BCUT2D eigenvalue weighted by molar-refractivity contribution is -0.117. The van der Waals surface area contributed by atoms with Crippen LogP contribution in [0.25, 0.3) is 0 Å². The van der Waals surface area contributed by atoms with E-state index in [1.54, 1.807) is 10.9 Å². The van der Waals surface area contributed by atoms with E-state index in [1.807, 2.05) is 50.7 Å². The van der Waals surface area contributed by atoms with Gasteiger partial charge in [0.25, 0.3) is 5.91 Å². The summed E-state index contributed by atoms with van der Waals surface area (Å²) in [6, 6.07) is 3.76. The average Bonchev–Trinajstić information content (AvgIpc) is 3.02. The molecule has 0 bridgehead atoms. The Morgan fingerprint density at radius 1 is 1.32 bits per heavy atom. The molecule has 1 unspecified atom stereocenters. The van der Waals surface area contributed by atoms with Gasteiger partial charge in [0, 0.05) is 50.1 Å². The molecule has 1 atom stereocenters. The maximum Gasteiger partial charge on any atom is 0.250 e. The minimum Gasteiger partial charge on any atom is -0.352 e. The number of aryl methyl sites for hydroxylation is 1. The van der Waals surface area contributed by atoms with Crippen LogP contribution in [0.2, 0.25) is 0 Å². The van der Waals surface area contributed by atoms with Gasteiger partial charge in [0.2, 0.25) is 0 Å². The maximum atomic E-state index is 13.9. The Labute approximate surface area is 224 Å². The number of hydrazone groups is 1. The topological polar surface area (TPSA) is 96.2 Å². The van der Waals surface area contributed by atoms with Crippen LogP contribution in [0.3, 0.4) is 0 Å². The third-order valence-corrected chi connectivity index (χ3v) is 5.78. The summed E-state index contributed by atoms with van der Waals surface area (Å²) < 4.78 is 27.7. The minimum atomic E-state index is -0.612. The second-order valence-corrected chi connectivity index (χ2v) is 8.76. The summed E-state index contributed by atoms with van der Waals surface area (Å²) in [6.45, 7) is 1.22. The minimum absolute atomic E-state index is 0.159. The number of hydrogen-bond acceptors (Lipinski definition) is 6. The molecule has 3 N–H and O–H groups in total. The van der Waals surface area contributed by atoms with Crippen LogP contribution >= 0.6 is 0 Å². The third kappa shape index (κ3) is 12.5. The van der Waals surface area contributed by atoms with E-state index in [0.29, 0.717) is 44.5 Å². The van der Waals surface area contributed by atoms with Gasteiger partial charge in [-0.05, 0) is 63.4 Å². The molecule has 206 valence electrons. The largest absolute Gasteiger partial charge is 0.352 e. The molecule has 38 heavy (non-hydrogen) atoms. The molecule has 0 saturated heterocycles. The van der Waals surface area contributed by atoms with E-state index in [2.05, 4.69) is 31.2 Å². The number of nitrogens with one attached hydrogen (secondary N) is 3. The molecule has 10 heteroatoms. The molecule has 1 aliphatic rings. The van der Waals surface area contributed by atoms with Crippen LogP contribution in [-0.2, 0) is 11.8 Å². The zero-order valence-corrected chi connectivity index (χ0v) is 22.2. The van der Waals surface area contributed by atoms with Gasteiger partial charge in [0.1, 0.15) is 13.0 Å². The second kappa shape index (κ2) is 18.6. The van der Waals surface area contributed by atoms with Crippen molar-refractivity contribution in [1.82, 2.24) is 30.8 Å². The summed E-state index contributed by atoms with van der Waals surface area (Å²) >= 11 is 0. The van der Waals surface area contributed by atoms with E-state index in [4.69, 9.17) is 0 Å². The zero-order valence-electron chi connectivity index (χ0n) is 22.2. The van der Waals surface area contributed by atoms with Crippen LogP contribution in [-0.4, -0.2) is 59.7 Å². The summed E-state index contributed by atoms with van der Waals surface area (Å²) in [4.78, 5) is 17.1. The highest BCUT2D eigenvalue weighted by atomic mass is 19.1. The fraction of sp³-hybridized carbons (Fsp3) is 0.429. The first-order valence-corrected chi connectivity index (χ1v) is 12.9. The fourth-order valence-electron chi connectivity index (χ4n) is 3.71. The number of alkyl halides is 1. The number of amides is 1. The molecule has 0 aromatic carbocycles. The Kier molecular flexibility index (Phi) is 14.9. The van der Waals surface area contributed by atoms with Gasteiger partial charge in [-0.15, -0.1) is 0 Å². The number of rotatable bonds is 12. The zero-order chi connectivity index (χ0) is 27.4. The van der Waals surface area contributed by atoms with Gasteiger partial charge in [-0.2, -0.15) is 10.2 Å². The predicted octanol–water partition coefficient (Wildman–Crippen LogP) is 4.01. The first kappa shape index (κ1) is 30.6. The van der Waals surface area contributed by atoms with Crippen molar-refractivity contribution >= 4 is 11.6 Å². The standard InChI is InChI=1S/C28H39F2N7O/c1-31-21-23(9-11-26(30)8-3-5-16-29)13-19-33-28(38)25-7-4-6-17-34-36-27(12-10-25)24-14-18-32-22-35-37(2)20-15-24/h3-5,7-8,10,14-15,18,20,22-23,31,34H,6,9,11-13,16-17,19,21H2,1-2H3,(H,33,38)/b5-3-,7-4-,20-15?,24-14?,25-10+,26-8+,32-18?,35-22?,36-27+. The smallest absolute Gasteiger partial charge is 0.250 e. The van der Waals surface area contributed by atoms with Crippen molar-refractivity contribution < 1.29 is 13.6 Å². The summed E-state index contributed by atoms with van der Waals surface area (Å²) in [5, 5.41) is 14.8. The van der Waals surface area contributed by atoms with Gasteiger partial charge in [-0.3, -0.25) is 9.48 Å². The lowest BCUT2D eigenvalue weighted by Gasteiger charge is -2.16. The second-order valence-electron chi connectivity index (χ2n) is 8.76. The molecule has 1 aromatic heterocycles. The lowest BCUT2D eigenvalue weighted by Crippen LogP contribution is -2.29. The van der Waals surface area contributed by atoms with Crippen molar-refractivity contribution in [1.29, 1.82) is 0 Å². The van der Waals surface area contributed by atoms with Gasteiger partial charge in [-0.1, -0.05) is 30.4 Å². The Morgan fingerprint density at radius 2 is 2.18 bits per heavy atom. The molecule has 1 aromatic rings. The maximum absolute atomic E-state index is 13.9. The van der Waals surface area contributed by atoms with Gasteiger partial charge >= 0.3 is 0 Å². The molecular formula is C28H39F2N7O. The number of carbonyl (C=O) groups is 1. The van der Waals surface area contributed by atoms with Crippen LogP contribution in [0.15, 0.2) is 83.8 Å². The predicted molar refractivity (Wildman–Crippen MR) is 148 cm³/mol. The van der Waals surface area contributed by atoms with Crippen molar-refractivity contribution in [3.8, 4) is 0 Å². The van der Waals surface area contributed by atoms with Crippen LogP contribution in [0.5, 0.6) is 0 Å². The number of halogens is 2. The summed E-state index contributed by atoms with van der Waals surface area (Å²) in [6.07, 6.45) is 17.3. The molecule has 2 heterocycles. The van der Waals surface area contributed by atoms with Gasteiger partial charge < -0.3 is 16.1 Å². The van der Waals surface area contributed by atoms with Crippen LogP contribution in [0.4, 0.5) is 8.78 Å². The van der Waals surface area contributed by atoms with Crippen LogP contribution < -0.4 is 16.1 Å². The highest BCUT2D eigenvalue weighted by Gasteiger charge is 2.12.